The lowest BCUT2D eigenvalue weighted by atomic mass is 9.96. The van der Waals surface area contributed by atoms with Gasteiger partial charge in [0.1, 0.15) is 6.10 Å². The van der Waals surface area contributed by atoms with Gasteiger partial charge in [0.15, 0.2) is 0 Å². The number of ketones is 2. The Morgan fingerprint density at radius 1 is 1.17 bits per heavy atom. The molecule has 0 amide bonds. The quantitative estimate of drug-likeness (QED) is 0.699. The van der Waals surface area contributed by atoms with Crippen molar-refractivity contribution < 1.29 is 29.0 Å². The fraction of sp³-hybridized carbons (Fsp3) is 0.250. The van der Waals surface area contributed by atoms with Crippen molar-refractivity contribution in [3.63, 3.8) is 0 Å². The number of esters is 1. The van der Waals surface area contributed by atoms with Gasteiger partial charge in [-0.1, -0.05) is 0 Å². The fourth-order valence-corrected chi connectivity index (χ4v) is 4.32. The summed E-state index contributed by atoms with van der Waals surface area (Å²) in [6.45, 7) is 1.63. The normalized spacial score (nSPS) is 14.0. The van der Waals surface area contributed by atoms with E-state index in [4.69, 9.17) is 9.84 Å². The summed E-state index contributed by atoms with van der Waals surface area (Å²) >= 11 is 2.36. The minimum atomic E-state index is -1.08. The van der Waals surface area contributed by atoms with Crippen LogP contribution in [-0.2, 0) is 14.3 Å². The molecule has 0 aromatic carbocycles. The highest BCUT2D eigenvalue weighted by Gasteiger charge is 2.34. The second-order valence-electron chi connectivity index (χ2n) is 5.24. The average Bonchev–Trinajstić information content (AvgIpc) is 3.18. The van der Waals surface area contributed by atoms with Crippen LogP contribution in [0.4, 0.5) is 0 Å². The minimum absolute atomic E-state index is 0.193. The van der Waals surface area contributed by atoms with E-state index in [2.05, 4.69) is 0 Å². The molecule has 0 aliphatic heterocycles. The van der Waals surface area contributed by atoms with Gasteiger partial charge in [0.05, 0.1) is 22.6 Å². The van der Waals surface area contributed by atoms with Gasteiger partial charge in [-0.2, -0.15) is 0 Å². The van der Waals surface area contributed by atoms with Crippen LogP contribution in [0.3, 0.4) is 0 Å². The lowest BCUT2D eigenvalue weighted by Crippen LogP contribution is -2.15. The molecule has 124 valence electrons. The molecule has 1 aliphatic carbocycles. The molecule has 1 N–H and O–H groups in total. The molecule has 8 heteroatoms. The maximum atomic E-state index is 12.4. The van der Waals surface area contributed by atoms with Gasteiger partial charge < -0.3 is 9.84 Å². The first-order valence-electron chi connectivity index (χ1n) is 7.10. The van der Waals surface area contributed by atoms with Crippen molar-refractivity contribution in [2.75, 3.05) is 0 Å². The van der Waals surface area contributed by atoms with Crippen LogP contribution >= 0.6 is 22.7 Å². The van der Waals surface area contributed by atoms with Crippen molar-refractivity contribution in [1.29, 1.82) is 0 Å². The molecule has 1 atom stereocenters. The molecule has 0 fully saturated rings. The van der Waals surface area contributed by atoms with Crippen molar-refractivity contribution in [1.82, 2.24) is 0 Å². The largest absolute Gasteiger partial charge is 0.481 e. The van der Waals surface area contributed by atoms with Gasteiger partial charge in [-0.05, 0) is 24.4 Å². The van der Waals surface area contributed by atoms with Crippen LogP contribution < -0.4 is 0 Å². The molecule has 0 saturated heterocycles. The van der Waals surface area contributed by atoms with E-state index >= 15 is 0 Å². The first-order chi connectivity index (χ1) is 11.4. The second-order valence-corrected chi connectivity index (χ2v) is 7.24. The van der Waals surface area contributed by atoms with Gasteiger partial charge in [0, 0.05) is 16.0 Å². The van der Waals surface area contributed by atoms with Crippen LogP contribution in [0.1, 0.15) is 61.2 Å². The fourth-order valence-electron chi connectivity index (χ4n) is 2.38. The van der Waals surface area contributed by atoms with E-state index in [-0.39, 0.29) is 24.4 Å². The van der Waals surface area contributed by atoms with E-state index in [1.807, 2.05) is 0 Å². The average molecular weight is 364 g/mol. The number of hydrogen-bond donors (Lipinski definition) is 1. The molecule has 6 nitrogen and oxygen atoms in total. The Hall–Kier alpha value is -2.32. The van der Waals surface area contributed by atoms with Gasteiger partial charge in [0.25, 0.3) is 0 Å². The number of rotatable bonds is 5. The summed E-state index contributed by atoms with van der Waals surface area (Å²) in [6.07, 6.45) is -1.18. The summed E-state index contributed by atoms with van der Waals surface area (Å²) in [6, 6.07) is 3.22. The van der Waals surface area contributed by atoms with Crippen molar-refractivity contribution >= 4 is 46.2 Å². The van der Waals surface area contributed by atoms with E-state index in [0.717, 1.165) is 11.3 Å². The van der Waals surface area contributed by atoms with E-state index in [1.165, 1.54) is 11.3 Å². The molecule has 0 spiro atoms. The molecule has 0 radical (unpaired) electrons. The van der Waals surface area contributed by atoms with Crippen LogP contribution in [0.25, 0.3) is 0 Å². The molecular weight excluding hydrogens is 352 g/mol. The topological polar surface area (TPSA) is 97.7 Å². The Bertz CT molecular complexity index is 812. The van der Waals surface area contributed by atoms with E-state index in [9.17, 15) is 19.2 Å². The number of carboxylic acids is 1. The summed E-state index contributed by atoms with van der Waals surface area (Å²) in [7, 11) is 0. The van der Waals surface area contributed by atoms with Crippen molar-refractivity contribution in [3.05, 3.63) is 43.3 Å². The highest BCUT2D eigenvalue weighted by atomic mass is 32.1. The lowest BCUT2D eigenvalue weighted by molar-refractivity contribution is -0.151. The third-order valence-electron chi connectivity index (χ3n) is 3.57. The molecule has 2 aromatic rings. The molecule has 0 saturated carbocycles. The van der Waals surface area contributed by atoms with Crippen LogP contribution in [0.2, 0.25) is 0 Å². The van der Waals surface area contributed by atoms with Gasteiger partial charge in [-0.15, -0.1) is 22.7 Å². The first kappa shape index (κ1) is 16.5. The second kappa shape index (κ2) is 6.29. The zero-order valence-corrected chi connectivity index (χ0v) is 14.2. The van der Waals surface area contributed by atoms with Crippen LogP contribution in [0, 0.1) is 0 Å². The standard InChI is InChI=1S/C16H12O6S2/c1-7(22-12(19)3-2-11(17)18)10-6-9-14(21)15-8(4-5-23-15)13(20)16(9)24-10/h4-7H,2-3H2,1H3,(H,17,18). The summed E-state index contributed by atoms with van der Waals surface area (Å²) in [5, 5.41) is 10.3. The molecule has 2 aromatic heterocycles. The number of hydrogen-bond acceptors (Lipinski definition) is 7. The molecular formula is C16H12O6S2. The van der Waals surface area contributed by atoms with Crippen molar-refractivity contribution in [2.45, 2.75) is 25.9 Å². The highest BCUT2D eigenvalue weighted by Crippen LogP contribution is 2.38. The summed E-state index contributed by atoms with van der Waals surface area (Å²) in [5.41, 5.74) is 0.750. The zero-order chi connectivity index (χ0) is 17.4. The molecule has 24 heavy (non-hydrogen) atoms. The molecule has 3 rings (SSSR count). The van der Waals surface area contributed by atoms with Crippen LogP contribution in [0.5, 0.6) is 0 Å². The predicted octanol–water partition coefficient (Wildman–Crippen LogP) is 3.05. The Labute approximate surface area is 144 Å². The Kier molecular flexibility index (Phi) is 4.33. The van der Waals surface area contributed by atoms with E-state index in [0.29, 0.717) is 25.8 Å². The smallest absolute Gasteiger partial charge is 0.307 e. The zero-order valence-electron chi connectivity index (χ0n) is 12.5. The molecule has 2 heterocycles. The van der Waals surface area contributed by atoms with Gasteiger partial charge in [-0.3, -0.25) is 19.2 Å². The Balaban J connectivity index is 1.80. The molecule has 1 aliphatic rings. The minimum Gasteiger partial charge on any atom is -0.481 e. The lowest BCUT2D eigenvalue weighted by Gasteiger charge is -2.10. The van der Waals surface area contributed by atoms with Crippen LogP contribution in [-0.4, -0.2) is 28.6 Å². The summed E-state index contributed by atoms with van der Waals surface area (Å²) in [4.78, 5) is 48.4. The van der Waals surface area contributed by atoms with Gasteiger partial charge in [0.2, 0.25) is 11.6 Å². The number of carbonyl (C=O) groups is 4. The summed E-state index contributed by atoms with van der Waals surface area (Å²) in [5.74, 6) is -2.09. The Morgan fingerprint density at radius 2 is 1.88 bits per heavy atom. The number of aliphatic carboxylic acids is 1. The van der Waals surface area contributed by atoms with Crippen molar-refractivity contribution in [3.8, 4) is 0 Å². The maximum absolute atomic E-state index is 12.4. The Morgan fingerprint density at radius 3 is 2.58 bits per heavy atom. The van der Waals surface area contributed by atoms with Crippen LogP contribution in [0.15, 0.2) is 17.5 Å². The molecule has 1 unspecified atom stereocenters. The molecule has 0 bridgehead atoms. The van der Waals surface area contributed by atoms with Crippen molar-refractivity contribution in [2.24, 2.45) is 0 Å². The monoisotopic (exact) mass is 364 g/mol. The summed E-state index contributed by atoms with van der Waals surface area (Å²) < 4.78 is 5.18. The third-order valence-corrected chi connectivity index (χ3v) is 5.78. The van der Waals surface area contributed by atoms with E-state index in [1.54, 1.807) is 24.4 Å². The third kappa shape index (κ3) is 2.90. The van der Waals surface area contributed by atoms with Gasteiger partial charge in [-0.25, -0.2) is 0 Å². The number of ether oxygens (including phenoxy) is 1. The SMILES string of the molecule is CC(OC(=O)CCC(=O)O)c1cc2c(s1)C(=O)c1ccsc1C2=O. The first-order valence-corrected chi connectivity index (χ1v) is 8.80. The number of thiophene rings is 2. The maximum Gasteiger partial charge on any atom is 0.307 e. The number of carbonyl (C=O) groups excluding carboxylic acids is 3. The van der Waals surface area contributed by atoms with E-state index < -0.39 is 18.0 Å². The van der Waals surface area contributed by atoms with Gasteiger partial charge >= 0.3 is 11.9 Å². The number of fused-ring (bicyclic) bond motifs is 2. The number of carboxylic acid groups (broad SMARTS) is 1. The highest BCUT2D eigenvalue weighted by molar-refractivity contribution is 7.16. The predicted molar refractivity (Wildman–Crippen MR) is 86.9 cm³/mol.